The van der Waals surface area contributed by atoms with Crippen molar-refractivity contribution in [2.75, 3.05) is 18.4 Å². The van der Waals surface area contributed by atoms with Gasteiger partial charge < -0.3 is 10.0 Å². The van der Waals surface area contributed by atoms with Crippen molar-refractivity contribution in [1.29, 1.82) is 0 Å². The first-order valence-corrected chi connectivity index (χ1v) is 7.88. The highest BCUT2D eigenvalue weighted by atomic mass is 79.9. The molecule has 1 aliphatic heterocycles. The van der Waals surface area contributed by atoms with E-state index in [1.54, 1.807) is 6.07 Å². The van der Waals surface area contributed by atoms with Crippen molar-refractivity contribution in [2.45, 2.75) is 5.41 Å². The average molecular weight is 365 g/mol. The maximum Gasteiger partial charge on any atom is 0.407 e. The lowest BCUT2D eigenvalue weighted by molar-refractivity contribution is 0.147. The molecule has 1 amide bonds. The van der Waals surface area contributed by atoms with Crippen LogP contribution in [0.15, 0.2) is 18.2 Å². The molecule has 3 nitrogen and oxygen atoms in total. The van der Waals surface area contributed by atoms with Crippen LogP contribution in [0, 0.1) is 11.8 Å². The zero-order chi connectivity index (χ0) is 13.8. The monoisotopic (exact) mass is 363 g/mol. The van der Waals surface area contributed by atoms with Gasteiger partial charge in [-0.2, -0.15) is 0 Å². The Morgan fingerprint density at radius 1 is 1.47 bits per heavy atom. The third-order valence-corrected chi connectivity index (χ3v) is 5.90. The second kappa shape index (κ2) is 4.54. The standard InChI is InChI=1S/C13H12BrCl2NO2/c14-4-8-9-5-17(12(18)19)6-13(8,9)7-1-2-10(15)11(16)3-7/h1-3,8-9H,4-6H2,(H,18,19). The Kier molecular flexibility index (Phi) is 3.23. The summed E-state index contributed by atoms with van der Waals surface area (Å²) in [6.07, 6.45) is -0.847. The van der Waals surface area contributed by atoms with Gasteiger partial charge in [-0.1, -0.05) is 45.2 Å². The van der Waals surface area contributed by atoms with Crippen molar-refractivity contribution in [3.63, 3.8) is 0 Å². The summed E-state index contributed by atoms with van der Waals surface area (Å²) in [5, 5.41) is 11.1. The third-order valence-electron chi connectivity index (χ3n) is 4.46. The number of amides is 1. The van der Waals surface area contributed by atoms with Crippen molar-refractivity contribution in [3.8, 4) is 0 Å². The number of piperidine rings is 1. The number of rotatable bonds is 2. The number of nitrogens with zero attached hydrogens (tertiary/aromatic N) is 1. The van der Waals surface area contributed by atoms with Gasteiger partial charge in [-0.05, 0) is 29.5 Å². The van der Waals surface area contributed by atoms with Crippen LogP contribution in [0.5, 0.6) is 0 Å². The minimum atomic E-state index is -0.847. The van der Waals surface area contributed by atoms with Crippen LogP contribution in [0.25, 0.3) is 0 Å². The third kappa shape index (κ3) is 1.88. The molecule has 3 atom stereocenters. The molecule has 0 radical (unpaired) electrons. The van der Waals surface area contributed by atoms with Crippen LogP contribution in [-0.4, -0.2) is 34.5 Å². The number of benzene rings is 1. The molecule has 19 heavy (non-hydrogen) atoms. The second-order valence-electron chi connectivity index (χ2n) is 5.20. The maximum atomic E-state index is 11.1. The minimum Gasteiger partial charge on any atom is -0.465 e. The van der Waals surface area contributed by atoms with Gasteiger partial charge in [0, 0.05) is 23.8 Å². The Hall–Kier alpha value is -0.450. The second-order valence-corrected chi connectivity index (χ2v) is 6.66. The van der Waals surface area contributed by atoms with Crippen LogP contribution in [0.1, 0.15) is 5.56 Å². The fourth-order valence-corrected chi connectivity index (χ4v) is 4.77. The van der Waals surface area contributed by atoms with E-state index in [1.807, 2.05) is 12.1 Å². The molecule has 2 aliphatic rings. The molecule has 1 aromatic rings. The Morgan fingerprint density at radius 3 is 2.79 bits per heavy atom. The molecule has 1 N–H and O–H groups in total. The van der Waals surface area contributed by atoms with Gasteiger partial charge in [0.1, 0.15) is 0 Å². The van der Waals surface area contributed by atoms with Crippen molar-refractivity contribution in [3.05, 3.63) is 33.8 Å². The van der Waals surface area contributed by atoms with Crippen molar-refractivity contribution < 1.29 is 9.90 Å². The molecule has 1 saturated heterocycles. The van der Waals surface area contributed by atoms with E-state index in [2.05, 4.69) is 15.9 Å². The highest BCUT2D eigenvalue weighted by Gasteiger charge is 2.69. The van der Waals surface area contributed by atoms with Gasteiger partial charge in [-0.25, -0.2) is 4.79 Å². The molecule has 0 bridgehead atoms. The Balaban J connectivity index is 1.97. The van der Waals surface area contributed by atoms with Crippen LogP contribution in [0.2, 0.25) is 10.0 Å². The van der Waals surface area contributed by atoms with Gasteiger partial charge in [0.15, 0.2) is 0 Å². The molecule has 1 saturated carbocycles. The highest BCUT2D eigenvalue weighted by molar-refractivity contribution is 9.09. The first-order valence-electron chi connectivity index (χ1n) is 6.00. The first kappa shape index (κ1) is 13.5. The van der Waals surface area contributed by atoms with Crippen molar-refractivity contribution in [2.24, 2.45) is 11.8 Å². The topological polar surface area (TPSA) is 40.5 Å². The summed E-state index contributed by atoms with van der Waals surface area (Å²) in [5.74, 6) is 0.848. The normalized spacial score (nSPS) is 32.3. The van der Waals surface area contributed by atoms with E-state index in [9.17, 15) is 4.79 Å². The quantitative estimate of drug-likeness (QED) is 0.809. The number of halogens is 3. The molecule has 1 heterocycles. The average Bonchev–Trinajstić information content (AvgIpc) is 2.80. The molecule has 3 unspecified atom stereocenters. The molecule has 1 aliphatic carbocycles. The summed E-state index contributed by atoms with van der Waals surface area (Å²) in [4.78, 5) is 12.6. The smallest absolute Gasteiger partial charge is 0.407 e. The number of alkyl halides is 1. The van der Waals surface area contributed by atoms with E-state index in [1.165, 1.54) is 4.90 Å². The molecular weight excluding hydrogens is 353 g/mol. The number of likely N-dealkylation sites (tertiary alicyclic amines) is 1. The van der Waals surface area contributed by atoms with Crippen molar-refractivity contribution >= 4 is 45.2 Å². The summed E-state index contributed by atoms with van der Waals surface area (Å²) in [6, 6.07) is 5.64. The predicted molar refractivity (Wildman–Crippen MR) is 78.5 cm³/mol. The number of carbonyl (C=O) groups is 1. The van der Waals surface area contributed by atoms with Gasteiger partial charge in [-0.15, -0.1) is 0 Å². The molecule has 102 valence electrons. The number of hydrogen-bond donors (Lipinski definition) is 1. The van der Waals surface area contributed by atoms with Crippen LogP contribution in [-0.2, 0) is 5.41 Å². The summed E-state index contributed by atoms with van der Waals surface area (Å²) in [5.41, 5.74) is 1.01. The SMILES string of the molecule is O=C(O)N1CC2C(CBr)C2(c2ccc(Cl)c(Cl)c2)C1. The van der Waals surface area contributed by atoms with E-state index >= 15 is 0 Å². The summed E-state index contributed by atoms with van der Waals surface area (Å²) < 4.78 is 0. The lowest BCUT2D eigenvalue weighted by Gasteiger charge is -2.21. The Bertz CT molecular complexity index is 553. The molecule has 0 spiro atoms. The Labute approximate surface area is 129 Å². The van der Waals surface area contributed by atoms with Crippen LogP contribution in [0.3, 0.4) is 0 Å². The highest BCUT2D eigenvalue weighted by Crippen LogP contribution is 2.64. The van der Waals surface area contributed by atoms with Crippen LogP contribution in [0.4, 0.5) is 4.79 Å². The minimum absolute atomic E-state index is 0.0872. The lowest BCUT2D eigenvalue weighted by Crippen LogP contribution is -2.33. The predicted octanol–water partition coefficient (Wildman–Crippen LogP) is 3.87. The zero-order valence-electron chi connectivity index (χ0n) is 9.94. The Morgan fingerprint density at radius 2 is 2.21 bits per heavy atom. The van der Waals surface area contributed by atoms with Gasteiger partial charge in [0.05, 0.1) is 10.0 Å². The van der Waals surface area contributed by atoms with Gasteiger partial charge in [0.2, 0.25) is 0 Å². The molecule has 1 aromatic carbocycles. The zero-order valence-corrected chi connectivity index (χ0v) is 13.0. The number of hydrogen-bond acceptors (Lipinski definition) is 1. The first-order chi connectivity index (χ1) is 9.00. The summed E-state index contributed by atoms with van der Waals surface area (Å²) >= 11 is 15.6. The van der Waals surface area contributed by atoms with E-state index in [-0.39, 0.29) is 5.41 Å². The van der Waals surface area contributed by atoms with E-state index in [0.29, 0.717) is 35.0 Å². The fourth-order valence-electron chi connectivity index (χ4n) is 3.44. The van der Waals surface area contributed by atoms with E-state index < -0.39 is 6.09 Å². The summed E-state index contributed by atoms with van der Waals surface area (Å²) in [7, 11) is 0. The molecule has 2 fully saturated rings. The largest absolute Gasteiger partial charge is 0.465 e. The fraction of sp³-hybridized carbons (Fsp3) is 0.462. The molecule has 6 heteroatoms. The molecule has 3 rings (SSSR count). The molecule has 0 aromatic heterocycles. The van der Waals surface area contributed by atoms with Crippen molar-refractivity contribution in [1.82, 2.24) is 4.90 Å². The number of fused-ring (bicyclic) bond motifs is 1. The van der Waals surface area contributed by atoms with E-state index in [0.717, 1.165) is 10.9 Å². The van der Waals surface area contributed by atoms with Gasteiger partial charge in [-0.3, -0.25) is 0 Å². The van der Waals surface area contributed by atoms with Gasteiger partial charge in [0.25, 0.3) is 0 Å². The van der Waals surface area contributed by atoms with Crippen LogP contribution < -0.4 is 0 Å². The van der Waals surface area contributed by atoms with E-state index in [4.69, 9.17) is 28.3 Å². The maximum absolute atomic E-state index is 11.1. The molecular formula is C13H12BrCl2NO2. The van der Waals surface area contributed by atoms with Crippen LogP contribution >= 0.6 is 39.1 Å². The summed E-state index contributed by atoms with van der Waals surface area (Å²) in [6.45, 7) is 1.15. The lowest BCUT2D eigenvalue weighted by atomic mass is 9.93. The number of carboxylic acid groups (broad SMARTS) is 1. The van der Waals surface area contributed by atoms with Gasteiger partial charge >= 0.3 is 6.09 Å².